The maximum absolute atomic E-state index is 6.04. The third-order valence-corrected chi connectivity index (χ3v) is 4.85. The summed E-state index contributed by atoms with van der Waals surface area (Å²) in [6, 6.07) is 7.99. The molecule has 0 aliphatic heterocycles. The number of fused-ring (bicyclic) bond motifs is 1. The molecule has 0 fully saturated rings. The van der Waals surface area contributed by atoms with Gasteiger partial charge in [0.2, 0.25) is 0 Å². The van der Waals surface area contributed by atoms with E-state index < -0.39 is 0 Å². The van der Waals surface area contributed by atoms with E-state index in [1.165, 1.54) is 10.4 Å². The van der Waals surface area contributed by atoms with E-state index in [2.05, 4.69) is 27.9 Å². The normalized spacial score (nSPS) is 11.3. The molecule has 2 aromatic heterocycles. The number of hydrogen-bond donors (Lipinski definition) is 0. The topological polar surface area (TPSA) is 17.8 Å². The minimum Gasteiger partial charge on any atom is -0.322 e. The molecule has 20 heavy (non-hydrogen) atoms. The lowest BCUT2D eigenvalue weighted by Gasteiger charge is -2.08. The number of aromatic nitrogens is 2. The highest BCUT2D eigenvalue weighted by molar-refractivity contribution is 7.10. The van der Waals surface area contributed by atoms with Crippen LogP contribution in [0.1, 0.15) is 23.2 Å². The number of benzene rings is 1. The number of halogens is 2. The van der Waals surface area contributed by atoms with E-state index in [1.807, 2.05) is 18.2 Å². The first kappa shape index (κ1) is 13.9. The van der Waals surface area contributed by atoms with Gasteiger partial charge in [-0.05, 0) is 41.6 Å². The predicted octanol–water partition coefficient (Wildman–Crippen LogP) is 5.10. The van der Waals surface area contributed by atoms with Gasteiger partial charge in [-0.3, -0.25) is 0 Å². The van der Waals surface area contributed by atoms with E-state index >= 15 is 0 Å². The van der Waals surface area contributed by atoms with Crippen LogP contribution in [0.2, 0.25) is 5.02 Å². The molecular weight excluding hydrogens is 311 g/mol. The molecule has 2 heterocycles. The molecule has 3 aromatic rings. The largest absolute Gasteiger partial charge is 0.322 e. The van der Waals surface area contributed by atoms with Crippen LogP contribution in [-0.4, -0.2) is 9.55 Å². The first-order valence-corrected chi connectivity index (χ1v) is 8.28. The van der Waals surface area contributed by atoms with Gasteiger partial charge in [-0.2, -0.15) is 0 Å². The Hall–Kier alpha value is -1.03. The van der Waals surface area contributed by atoms with Crippen molar-refractivity contribution in [3.8, 4) is 0 Å². The van der Waals surface area contributed by atoms with Crippen molar-refractivity contribution in [1.82, 2.24) is 9.55 Å². The average Bonchev–Trinajstić information content (AvgIpc) is 3.03. The summed E-state index contributed by atoms with van der Waals surface area (Å²) in [6.07, 6.45) is 1.05. The van der Waals surface area contributed by atoms with E-state index in [4.69, 9.17) is 23.2 Å². The average molecular weight is 325 g/mol. The van der Waals surface area contributed by atoms with Crippen molar-refractivity contribution in [2.75, 3.05) is 0 Å². The summed E-state index contributed by atoms with van der Waals surface area (Å²) < 4.78 is 2.18. The second-order valence-corrected chi connectivity index (χ2v) is 6.31. The molecule has 0 amide bonds. The minimum atomic E-state index is 0.402. The Balaban J connectivity index is 2.10. The lowest BCUT2D eigenvalue weighted by Crippen LogP contribution is -2.04. The second-order valence-electron chi connectivity index (χ2n) is 4.60. The number of aryl methyl sites for hydroxylation is 1. The lowest BCUT2D eigenvalue weighted by atomic mass is 10.2. The molecule has 0 atom stereocenters. The molecule has 0 aliphatic rings. The Labute approximate surface area is 132 Å². The zero-order valence-electron chi connectivity index (χ0n) is 11.1. The standard InChI is InChI=1S/C15H14Cl2N2S/c1-2-10-5-6-20-14(10)9-19-13-4-3-11(17)7-12(13)18-15(19)8-16/h3-7H,2,8-9H2,1H3. The zero-order valence-corrected chi connectivity index (χ0v) is 13.4. The molecule has 0 radical (unpaired) electrons. The molecule has 0 saturated heterocycles. The number of thiophene rings is 1. The molecule has 104 valence electrons. The third-order valence-electron chi connectivity index (χ3n) is 3.43. The van der Waals surface area contributed by atoms with Gasteiger partial charge in [0.1, 0.15) is 5.82 Å². The zero-order chi connectivity index (χ0) is 14.1. The van der Waals surface area contributed by atoms with Gasteiger partial charge in [0.15, 0.2) is 0 Å². The van der Waals surface area contributed by atoms with Gasteiger partial charge in [-0.25, -0.2) is 4.98 Å². The van der Waals surface area contributed by atoms with Crippen LogP contribution in [-0.2, 0) is 18.8 Å². The molecule has 5 heteroatoms. The molecular formula is C15H14Cl2N2S. The lowest BCUT2D eigenvalue weighted by molar-refractivity contribution is 0.782. The van der Waals surface area contributed by atoms with Crippen LogP contribution in [0.25, 0.3) is 11.0 Å². The second kappa shape index (κ2) is 5.76. The van der Waals surface area contributed by atoms with Gasteiger partial charge in [-0.1, -0.05) is 18.5 Å². The van der Waals surface area contributed by atoms with Gasteiger partial charge >= 0.3 is 0 Å². The fourth-order valence-corrected chi connectivity index (χ4v) is 3.73. The molecule has 0 saturated carbocycles. The Kier molecular flexibility index (Phi) is 4.01. The molecule has 0 N–H and O–H groups in total. The van der Waals surface area contributed by atoms with E-state index in [0.717, 1.165) is 29.8 Å². The van der Waals surface area contributed by atoms with Crippen molar-refractivity contribution in [2.24, 2.45) is 0 Å². The monoisotopic (exact) mass is 324 g/mol. The van der Waals surface area contributed by atoms with Gasteiger partial charge < -0.3 is 4.57 Å². The van der Waals surface area contributed by atoms with Gasteiger partial charge in [0, 0.05) is 9.90 Å². The van der Waals surface area contributed by atoms with Crippen molar-refractivity contribution in [2.45, 2.75) is 25.8 Å². The van der Waals surface area contributed by atoms with Crippen molar-refractivity contribution in [3.05, 3.63) is 50.9 Å². The quantitative estimate of drug-likeness (QED) is 0.610. The smallest absolute Gasteiger partial charge is 0.125 e. The van der Waals surface area contributed by atoms with E-state index in [-0.39, 0.29) is 0 Å². The summed E-state index contributed by atoms with van der Waals surface area (Å²) in [5.74, 6) is 1.29. The first-order valence-electron chi connectivity index (χ1n) is 6.48. The predicted molar refractivity (Wildman–Crippen MR) is 87.1 cm³/mol. The van der Waals surface area contributed by atoms with Crippen LogP contribution < -0.4 is 0 Å². The van der Waals surface area contributed by atoms with Crippen molar-refractivity contribution >= 4 is 45.6 Å². The summed E-state index contributed by atoms with van der Waals surface area (Å²) in [5.41, 5.74) is 3.38. The molecule has 0 spiro atoms. The van der Waals surface area contributed by atoms with Crippen LogP contribution in [0.5, 0.6) is 0 Å². The maximum atomic E-state index is 6.04. The summed E-state index contributed by atoms with van der Waals surface area (Å²) in [6.45, 7) is 3.00. The van der Waals surface area contributed by atoms with Crippen LogP contribution in [0.3, 0.4) is 0 Å². The molecule has 2 nitrogen and oxygen atoms in total. The Morgan fingerprint density at radius 3 is 2.90 bits per heavy atom. The van der Waals surface area contributed by atoms with Crippen LogP contribution in [0, 0.1) is 0 Å². The van der Waals surface area contributed by atoms with E-state index in [9.17, 15) is 0 Å². The van der Waals surface area contributed by atoms with Gasteiger partial charge in [0.25, 0.3) is 0 Å². The molecule has 1 aromatic carbocycles. The first-order chi connectivity index (χ1) is 9.72. The van der Waals surface area contributed by atoms with Crippen LogP contribution in [0.4, 0.5) is 0 Å². The molecule has 0 aliphatic carbocycles. The summed E-state index contributed by atoms with van der Waals surface area (Å²) in [4.78, 5) is 5.95. The fourth-order valence-electron chi connectivity index (χ4n) is 2.40. The summed E-state index contributed by atoms with van der Waals surface area (Å²) in [5, 5.41) is 2.85. The Morgan fingerprint density at radius 2 is 2.15 bits per heavy atom. The Bertz CT molecular complexity index is 745. The van der Waals surface area contributed by atoms with Crippen LogP contribution >= 0.6 is 34.5 Å². The Morgan fingerprint density at radius 1 is 1.30 bits per heavy atom. The highest BCUT2D eigenvalue weighted by atomic mass is 35.5. The maximum Gasteiger partial charge on any atom is 0.125 e. The number of rotatable bonds is 4. The molecule has 0 unspecified atom stereocenters. The summed E-state index contributed by atoms with van der Waals surface area (Å²) in [7, 11) is 0. The van der Waals surface area contributed by atoms with Crippen molar-refractivity contribution in [1.29, 1.82) is 0 Å². The van der Waals surface area contributed by atoms with Gasteiger partial charge in [-0.15, -0.1) is 22.9 Å². The van der Waals surface area contributed by atoms with E-state index in [0.29, 0.717) is 10.9 Å². The van der Waals surface area contributed by atoms with Crippen molar-refractivity contribution < 1.29 is 0 Å². The highest BCUT2D eigenvalue weighted by Gasteiger charge is 2.12. The molecule has 0 bridgehead atoms. The fraction of sp³-hybridized carbons (Fsp3) is 0.267. The highest BCUT2D eigenvalue weighted by Crippen LogP contribution is 2.25. The number of nitrogens with zero attached hydrogens (tertiary/aromatic N) is 2. The number of hydrogen-bond acceptors (Lipinski definition) is 2. The minimum absolute atomic E-state index is 0.402. The molecule has 3 rings (SSSR count). The SMILES string of the molecule is CCc1ccsc1Cn1c(CCl)nc2cc(Cl)ccc21. The summed E-state index contributed by atoms with van der Waals surface area (Å²) >= 11 is 13.9. The van der Waals surface area contributed by atoms with Crippen LogP contribution in [0.15, 0.2) is 29.6 Å². The van der Waals surface area contributed by atoms with Gasteiger partial charge in [0.05, 0.1) is 23.5 Å². The third kappa shape index (κ3) is 2.46. The number of imidazole rings is 1. The van der Waals surface area contributed by atoms with E-state index in [1.54, 1.807) is 11.3 Å². The van der Waals surface area contributed by atoms with Crippen molar-refractivity contribution in [3.63, 3.8) is 0 Å². The number of alkyl halides is 1.